The minimum Gasteiger partial charge on any atom is -0.550 e. The monoisotopic (exact) mass is 346 g/mol. The molecule has 0 atom stereocenters. The Balaban J connectivity index is 0. The van der Waals surface area contributed by atoms with Crippen molar-refractivity contribution in [2.24, 2.45) is 0 Å². The Bertz CT molecular complexity index is 327. The van der Waals surface area contributed by atoms with Crippen molar-refractivity contribution in [3.8, 4) is 0 Å². The smallest absolute Gasteiger partial charge is 0.550 e. The summed E-state index contributed by atoms with van der Waals surface area (Å²) in [5, 5.41) is 10.2. The van der Waals surface area contributed by atoms with E-state index >= 15 is 0 Å². The second-order valence-electron chi connectivity index (χ2n) is 6.42. The van der Waals surface area contributed by atoms with E-state index in [0.29, 0.717) is 6.42 Å². The van der Waals surface area contributed by atoms with Crippen molar-refractivity contribution in [1.29, 1.82) is 0 Å². The molecule has 0 unspecified atom stereocenters. The fourth-order valence-electron chi connectivity index (χ4n) is 2.64. The van der Waals surface area contributed by atoms with Crippen molar-refractivity contribution in [2.75, 3.05) is 0 Å². The van der Waals surface area contributed by atoms with Crippen LogP contribution in [-0.4, -0.2) is 11.8 Å². The molecule has 0 bridgehead atoms. The van der Waals surface area contributed by atoms with E-state index in [9.17, 15) is 14.7 Å². The first-order valence-electron chi connectivity index (χ1n) is 9.53. The maximum absolute atomic E-state index is 11.2. The zero-order valence-electron chi connectivity index (χ0n) is 16.0. The predicted molar refractivity (Wildman–Crippen MR) is 94.1 cm³/mol. The summed E-state index contributed by atoms with van der Waals surface area (Å²) in [6, 6.07) is 0. The van der Waals surface area contributed by atoms with Gasteiger partial charge in [-0.25, -0.2) is 0 Å². The molecule has 0 N–H and O–H groups in total. The molecule has 0 aliphatic rings. The van der Waals surface area contributed by atoms with Gasteiger partial charge in [-0.05, 0) is 32.1 Å². The van der Waals surface area contributed by atoms with Crippen molar-refractivity contribution in [2.45, 2.75) is 103 Å². The maximum atomic E-state index is 11.2. The minimum atomic E-state index is -1.26. The van der Waals surface area contributed by atoms with Gasteiger partial charge in [-0.15, -0.1) is 0 Å². The molecule has 0 aromatic heterocycles. The van der Waals surface area contributed by atoms with Crippen molar-refractivity contribution in [3.63, 3.8) is 0 Å². The molecule has 0 spiro atoms. The average Bonchev–Trinajstić information content (AvgIpc) is 2.50. The number of aliphatic carboxylic acids is 1. The summed E-state index contributed by atoms with van der Waals surface area (Å²) in [7, 11) is 0. The van der Waals surface area contributed by atoms with Crippen molar-refractivity contribution in [3.05, 3.63) is 12.2 Å². The molecule has 0 aliphatic carbocycles. The first-order valence-corrected chi connectivity index (χ1v) is 9.53. The number of hydrogen-bond donors (Lipinski definition) is 0. The van der Waals surface area contributed by atoms with Crippen LogP contribution in [0.2, 0.25) is 0 Å². The van der Waals surface area contributed by atoms with E-state index in [4.69, 9.17) is 0 Å². The number of unbranched alkanes of at least 4 members (excludes halogenated alkanes) is 11. The van der Waals surface area contributed by atoms with Crippen LogP contribution in [-0.2, 0) is 9.59 Å². The number of hydrogen-bond acceptors (Lipinski definition) is 3. The van der Waals surface area contributed by atoms with Crippen molar-refractivity contribution in [1.82, 2.24) is 0 Å². The van der Waals surface area contributed by atoms with Crippen LogP contribution in [0.5, 0.6) is 0 Å². The first-order chi connectivity index (χ1) is 11.2. The van der Waals surface area contributed by atoms with Crippen molar-refractivity contribution < 1.29 is 44.3 Å². The molecule has 24 heavy (non-hydrogen) atoms. The van der Waals surface area contributed by atoms with Gasteiger partial charge in [0.05, 0.1) is 0 Å². The van der Waals surface area contributed by atoms with Gasteiger partial charge in [-0.1, -0.05) is 70.4 Å². The van der Waals surface area contributed by atoms with Gasteiger partial charge in [0.1, 0.15) is 5.78 Å². The predicted octanol–water partition coefficient (Wildman–Crippen LogP) is 1.74. The molecule has 0 rings (SSSR count). The molecule has 0 aromatic rings. The SMILES string of the molecule is CCCCCCCC/C=C\CCCCCCCC(=O)CC(=O)[O-].[Na+]. The van der Waals surface area contributed by atoms with Crippen molar-refractivity contribution >= 4 is 11.8 Å². The van der Waals surface area contributed by atoms with Crippen LogP contribution in [0.4, 0.5) is 0 Å². The maximum Gasteiger partial charge on any atom is 1.00 e. The fourth-order valence-corrected chi connectivity index (χ4v) is 2.64. The third-order valence-corrected chi connectivity index (χ3v) is 4.06. The standard InChI is InChI=1S/C20H36O3.Na/c1-2-3-4-5-6-7-8-9-10-11-12-13-14-15-16-17-19(21)18-20(22)23;/h9-10H,2-8,11-18H2,1H3,(H,22,23);/q;+1/p-1/b10-9-;. The number of Topliss-reactive ketones (excluding diaryl/α,β-unsaturated/α-hetero) is 1. The molecule has 0 aromatic carbocycles. The van der Waals surface area contributed by atoms with Crippen LogP contribution in [0.3, 0.4) is 0 Å². The normalized spacial score (nSPS) is 10.7. The van der Waals surface area contributed by atoms with E-state index in [1.807, 2.05) is 0 Å². The molecule has 0 aliphatic heterocycles. The Kier molecular flexibility index (Phi) is 22.8. The Morgan fingerprint density at radius 3 is 1.71 bits per heavy atom. The molecule has 0 fully saturated rings. The van der Waals surface area contributed by atoms with Crippen LogP contribution in [0, 0.1) is 0 Å². The quantitative estimate of drug-likeness (QED) is 0.174. The zero-order valence-corrected chi connectivity index (χ0v) is 18.0. The number of carbonyl (C=O) groups is 2. The number of allylic oxidation sites excluding steroid dienone is 2. The second-order valence-corrected chi connectivity index (χ2v) is 6.42. The molecular formula is C20H35NaO3. The number of rotatable bonds is 17. The van der Waals surface area contributed by atoms with E-state index in [1.165, 1.54) is 57.8 Å². The van der Waals surface area contributed by atoms with Gasteiger partial charge < -0.3 is 9.90 Å². The van der Waals surface area contributed by atoms with Gasteiger partial charge >= 0.3 is 29.6 Å². The summed E-state index contributed by atoms with van der Waals surface area (Å²) in [5.74, 6) is -1.47. The summed E-state index contributed by atoms with van der Waals surface area (Å²) >= 11 is 0. The number of carboxylic acid groups (broad SMARTS) is 1. The van der Waals surface area contributed by atoms with Gasteiger partial charge in [0.25, 0.3) is 0 Å². The number of ketones is 1. The summed E-state index contributed by atoms with van der Waals surface area (Å²) in [6.45, 7) is 2.25. The molecule has 0 radical (unpaired) electrons. The van der Waals surface area contributed by atoms with Crippen LogP contribution in [0.1, 0.15) is 103 Å². The van der Waals surface area contributed by atoms with Gasteiger partial charge in [-0.2, -0.15) is 0 Å². The van der Waals surface area contributed by atoms with E-state index < -0.39 is 12.4 Å². The molecule has 4 heteroatoms. The summed E-state index contributed by atoms with van der Waals surface area (Å²) in [4.78, 5) is 21.4. The van der Waals surface area contributed by atoms with E-state index in [0.717, 1.165) is 25.7 Å². The van der Waals surface area contributed by atoms with Gasteiger partial charge in [0.15, 0.2) is 0 Å². The fraction of sp³-hybridized carbons (Fsp3) is 0.800. The largest absolute Gasteiger partial charge is 1.00 e. The Morgan fingerprint density at radius 1 is 0.750 bits per heavy atom. The first kappa shape index (κ1) is 26.1. The molecule has 0 saturated heterocycles. The zero-order chi connectivity index (χ0) is 17.2. The van der Waals surface area contributed by atoms with Crippen LogP contribution >= 0.6 is 0 Å². The number of carboxylic acids is 1. The summed E-state index contributed by atoms with van der Waals surface area (Å²) < 4.78 is 0. The molecule has 134 valence electrons. The van der Waals surface area contributed by atoms with Crippen LogP contribution in [0.15, 0.2) is 12.2 Å². The number of carbonyl (C=O) groups excluding carboxylic acids is 2. The van der Waals surface area contributed by atoms with Crippen LogP contribution in [0.25, 0.3) is 0 Å². The molecule has 0 amide bonds. The Morgan fingerprint density at radius 2 is 1.21 bits per heavy atom. The topological polar surface area (TPSA) is 57.2 Å². The Labute approximate surface area is 171 Å². The second kappa shape index (κ2) is 20.9. The van der Waals surface area contributed by atoms with Crippen LogP contribution < -0.4 is 34.7 Å². The third-order valence-electron chi connectivity index (χ3n) is 4.06. The molecule has 0 heterocycles. The van der Waals surface area contributed by atoms with E-state index in [-0.39, 0.29) is 35.3 Å². The summed E-state index contributed by atoms with van der Waals surface area (Å²) in [6.07, 6.45) is 20.4. The average molecular weight is 346 g/mol. The van der Waals surface area contributed by atoms with Gasteiger partial charge in [0.2, 0.25) is 0 Å². The molecule has 0 saturated carbocycles. The molecular weight excluding hydrogens is 311 g/mol. The van der Waals surface area contributed by atoms with Gasteiger partial charge in [-0.3, -0.25) is 4.79 Å². The third kappa shape index (κ3) is 21.9. The van der Waals surface area contributed by atoms with E-state index in [1.54, 1.807) is 0 Å². The Hall–Kier alpha value is -0.120. The van der Waals surface area contributed by atoms with Gasteiger partial charge in [0, 0.05) is 18.8 Å². The minimum absolute atomic E-state index is 0. The van der Waals surface area contributed by atoms with E-state index in [2.05, 4.69) is 19.1 Å². The summed E-state index contributed by atoms with van der Waals surface area (Å²) in [5.41, 5.74) is 0. The molecule has 3 nitrogen and oxygen atoms in total.